The molecule has 1 saturated heterocycles. The molecule has 1 fully saturated rings. The van der Waals surface area contributed by atoms with Gasteiger partial charge in [0.2, 0.25) is 10.8 Å². The molecule has 3 aliphatic heterocycles. The van der Waals surface area contributed by atoms with Gasteiger partial charge in [0, 0.05) is 16.8 Å². The van der Waals surface area contributed by atoms with Gasteiger partial charge in [-0.15, -0.1) is 11.8 Å². The van der Waals surface area contributed by atoms with E-state index >= 15 is 0 Å². The number of nitrogens with zero attached hydrogens (tertiary/aromatic N) is 2. The van der Waals surface area contributed by atoms with Crippen LogP contribution in [-0.4, -0.2) is 22.6 Å². The van der Waals surface area contributed by atoms with Crippen LogP contribution in [0.1, 0.15) is 44.4 Å². The molecule has 5 rings (SSSR count). The Bertz CT molecular complexity index is 1110. The van der Waals surface area contributed by atoms with E-state index in [9.17, 15) is 9.59 Å². The molecule has 0 bridgehead atoms. The van der Waals surface area contributed by atoms with Crippen LogP contribution in [0, 0.1) is 6.92 Å². The van der Waals surface area contributed by atoms with Gasteiger partial charge in [0.15, 0.2) is 0 Å². The smallest absolute Gasteiger partial charge is 0.269 e. The Labute approximate surface area is 175 Å². The number of carbonyl (C=O) groups excluding carboxylic acids is 2. The van der Waals surface area contributed by atoms with Crippen LogP contribution in [0.25, 0.3) is 5.57 Å². The molecule has 2 atom stereocenters. The van der Waals surface area contributed by atoms with E-state index in [2.05, 4.69) is 45.9 Å². The Morgan fingerprint density at radius 1 is 1.00 bits per heavy atom. The molecule has 5 heteroatoms. The van der Waals surface area contributed by atoms with Crippen molar-refractivity contribution in [1.82, 2.24) is 0 Å². The number of carbonyl (C=O) groups is 2. The van der Waals surface area contributed by atoms with Gasteiger partial charge >= 0.3 is 0 Å². The molecule has 0 N–H and O–H groups in total. The summed E-state index contributed by atoms with van der Waals surface area (Å²) < 4.78 is 0. The Morgan fingerprint density at radius 2 is 1.69 bits per heavy atom. The fourth-order valence-electron chi connectivity index (χ4n) is 5.08. The van der Waals surface area contributed by atoms with Gasteiger partial charge in [-0.2, -0.15) is 0 Å². The third kappa shape index (κ3) is 2.22. The Morgan fingerprint density at radius 3 is 2.38 bits per heavy atom. The number of aryl methyl sites for hydroxylation is 1. The van der Waals surface area contributed by atoms with E-state index in [0.717, 1.165) is 28.1 Å². The van der Waals surface area contributed by atoms with Crippen LogP contribution >= 0.6 is 11.8 Å². The molecular weight excluding hydrogens is 380 g/mol. The Hall–Kier alpha value is -2.53. The van der Waals surface area contributed by atoms with Crippen LogP contribution in [-0.2, 0) is 14.5 Å². The monoisotopic (exact) mass is 404 g/mol. The largest absolute Gasteiger partial charge is 0.299 e. The lowest BCUT2D eigenvalue weighted by atomic mass is 9.88. The van der Waals surface area contributed by atoms with Crippen LogP contribution in [0.5, 0.6) is 0 Å². The summed E-state index contributed by atoms with van der Waals surface area (Å²) in [5.41, 5.74) is 5.56. The summed E-state index contributed by atoms with van der Waals surface area (Å²) in [6, 6.07) is 13.8. The van der Waals surface area contributed by atoms with Crippen LogP contribution in [0.4, 0.5) is 11.4 Å². The number of benzene rings is 2. The molecule has 4 nitrogen and oxygen atoms in total. The minimum Gasteiger partial charge on any atom is -0.299 e. The minimum absolute atomic E-state index is 0.0212. The minimum atomic E-state index is -1.07. The van der Waals surface area contributed by atoms with E-state index in [-0.39, 0.29) is 17.1 Å². The molecule has 2 aromatic carbocycles. The summed E-state index contributed by atoms with van der Waals surface area (Å²) in [7, 11) is 0. The van der Waals surface area contributed by atoms with E-state index in [0.29, 0.717) is 0 Å². The third-order valence-electron chi connectivity index (χ3n) is 6.15. The number of amides is 2. The van der Waals surface area contributed by atoms with Crippen molar-refractivity contribution in [3.05, 3.63) is 65.2 Å². The lowest BCUT2D eigenvalue weighted by Gasteiger charge is -2.40. The zero-order valence-electron chi connectivity index (χ0n) is 17.3. The topological polar surface area (TPSA) is 40.6 Å². The molecule has 0 aliphatic carbocycles. The van der Waals surface area contributed by atoms with Crippen molar-refractivity contribution in [3.8, 4) is 0 Å². The van der Waals surface area contributed by atoms with Crippen molar-refractivity contribution in [1.29, 1.82) is 0 Å². The quantitative estimate of drug-likeness (QED) is 0.682. The molecule has 0 saturated carbocycles. The maximum Gasteiger partial charge on any atom is 0.269 e. The second kappa shape index (κ2) is 5.76. The van der Waals surface area contributed by atoms with Crippen LogP contribution < -0.4 is 9.80 Å². The number of fused-ring (bicyclic) bond motifs is 1. The van der Waals surface area contributed by atoms with E-state index in [4.69, 9.17) is 0 Å². The molecule has 3 heterocycles. The maximum atomic E-state index is 14.2. The average Bonchev–Trinajstić information content (AvgIpc) is 3.07. The van der Waals surface area contributed by atoms with Gasteiger partial charge in [-0.25, -0.2) is 0 Å². The van der Waals surface area contributed by atoms with Crippen molar-refractivity contribution < 1.29 is 9.59 Å². The molecule has 1 spiro atoms. The van der Waals surface area contributed by atoms with Gasteiger partial charge in [0.25, 0.3) is 5.91 Å². The van der Waals surface area contributed by atoms with Crippen molar-refractivity contribution in [2.45, 2.75) is 50.3 Å². The van der Waals surface area contributed by atoms with Gasteiger partial charge in [0.05, 0.1) is 16.5 Å². The standard InChI is InChI=1S/C24H24N2O2S/c1-14-11-18-15(2)13-23(4,5)26-20(18)19(12-14)24(22(26)28)25(21(27)16(3)29-24)17-9-7-6-8-10-17/h6-13,16H,1-5H3/t16-,24+/m0/s1. The lowest BCUT2D eigenvalue weighted by molar-refractivity contribution is -0.124. The van der Waals surface area contributed by atoms with Gasteiger partial charge in [-0.05, 0) is 64.0 Å². The first-order valence-electron chi connectivity index (χ1n) is 9.95. The van der Waals surface area contributed by atoms with Crippen LogP contribution in [0.2, 0.25) is 0 Å². The molecule has 0 radical (unpaired) electrons. The van der Waals surface area contributed by atoms with Gasteiger partial charge in [-0.1, -0.05) is 30.3 Å². The molecule has 3 aliphatic rings. The highest BCUT2D eigenvalue weighted by atomic mass is 32.2. The second-order valence-electron chi connectivity index (χ2n) is 8.74. The number of hydrogen-bond acceptors (Lipinski definition) is 3. The molecular formula is C24H24N2O2S. The first-order chi connectivity index (χ1) is 13.7. The summed E-state index contributed by atoms with van der Waals surface area (Å²) in [5.74, 6) is -0.0493. The first-order valence-corrected chi connectivity index (χ1v) is 10.8. The van der Waals surface area contributed by atoms with E-state index in [1.807, 2.05) is 42.2 Å². The first kappa shape index (κ1) is 18.5. The predicted molar refractivity (Wildman–Crippen MR) is 119 cm³/mol. The number of anilines is 2. The Balaban J connectivity index is 1.86. The number of rotatable bonds is 1. The molecule has 29 heavy (non-hydrogen) atoms. The van der Waals surface area contributed by atoms with Crippen LogP contribution in [0.15, 0.2) is 48.5 Å². The van der Waals surface area contributed by atoms with Crippen molar-refractivity contribution in [2.75, 3.05) is 9.80 Å². The lowest BCUT2D eigenvalue weighted by Crippen LogP contribution is -2.55. The number of para-hydroxylation sites is 1. The normalized spacial score (nSPS) is 26.9. The molecule has 0 aromatic heterocycles. The van der Waals surface area contributed by atoms with Crippen LogP contribution in [0.3, 0.4) is 0 Å². The van der Waals surface area contributed by atoms with Crippen molar-refractivity contribution in [2.24, 2.45) is 0 Å². The highest BCUT2D eigenvalue weighted by molar-refractivity contribution is 8.03. The number of hydrogen-bond donors (Lipinski definition) is 0. The van der Waals surface area contributed by atoms with Gasteiger partial charge in [0.1, 0.15) is 0 Å². The molecule has 2 aromatic rings. The summed E-state index contributed by atoms with van der Waals surface area (Å²) in [6.45, 7) is 10.2. The van der Waals surface area contributed by atoms with Crippen molar-refractivity contribution >= 4 is 40.5 Å². The molecule has 2 amide bonds. The van der Waals surface area contributed by atoms with Gasteiger partial charge < -0.3 is 0 Å². The highest BCUT2D eigenvalue weighted by Crippen LogP contribution is 2.61. The third-order valence-corrected chi connectivity index (χ3v) is 7.62. The van der Waals surface area contributed by atoms with Gasteiger partial charge in [-0.3, -0.25) is 19.4 Å². The molecule has 0 unspecified atom stereocenters. The highest BCUT2D eigenvalue weighted by Gasteiger charge is 2.65. The van der Waals surface area contributed by atoms with Crippen molar-refractivity contribution in [3.63, 3.8) is 0 Å². The summed E-state index contributed by atoms with van der Waals surface area (Å²) in [4.78, 5) is 30.1. The van der Waals surface area contributed by atoms with E-state index in [1.165, 1.54) is 17.3 Å². The average molecular weight is 405 g/mol. The van der Waals surface area contributed by atoms with E-state index < -0.39 is 10.4 Å². The fourth-order valence-corrected chi connectivity index (χ4v) is 6.57. The predicted octanol–water partition coefficient (Wildman–Crippen LogP) is 4.86. The number of allylic oxidation sites excluding steroid dienone is 1. The Kier molecular flexibility index (Phi) is 3.67. The fraction of sp³-hybridized carbons (Fsp3) is 0.333. The zero-order chi connectivity index (χ0) is 20.7. The van der Waals surface area contributed by atoms with E-state index in [1.54, 1.807) is 4.90 Å². The summed E-state index contributed by atoms with van der Waals surface area (Å²) >= 11 is 1.47. The maximum absolute atomic E-state index is 14.2. The molecule has 148 valence electrons. The second-order valence-corrected chi connectivity index (χ2v) is 10.3. The number of thioether (sulfide) groups is 1. The summed E-state index contributed by atoms with van der Waals surface area (Å²) in [6.07, 6.45) is 2.16. The summed E-state index contributed by atoms with van der Waals surface area (Å²) in [5, 5.41) is -0.297. The zero-order valence-corrected chi connectivity index (χ0v) is 18.1. The SMILES string of the molecule is CC1=CC(C)(C)N2C(=O)[C@]3(S[C@@H](C)C(=O)N3c3ccccc3)c3cc(C)cc1c32.